The number of aryl methyl sites for hydroxylation is 1. The molecule has 0 bridgehead atoms. The molecule has 21 heavy (non-hydrogen) atoms. The summed E-state index contributed by atoms with van der Waals surface area (Å²) in [4.78, 5) is 23.2. The number of carbonyl (C=O) groups is 2. The van der Waals surface area contributed by atoms with Crippen LogP contribution in [0.3, 0.4) is 0 Å². The van der Waals surface area contributed by atoms with Gasteiger partial charge in [0.2, 0.25) is 0 Å². The summed E-state index contributed by atoms with van der Waals surface area (Å²) in [5.74, 6) is -1.73. The van der Waals surface area contributed by atoms with E-state index in [0.717, 1.165) is 0 Å². The van der Waals surface area contributed by atoms with Crippen LogP contribution in [0.25, 0.3) is 0 Å². The summed E-state index contributed by atoms with van der Waals surface area (Å²) in [7, 11) is 0. The van der Waals surface area contributed by atoms with Gasteiger partial charge in [-0.2, -0.15) is 0 Å². The predicted octanol–water partition coefficient (Wildman–Crippen LogP) is 3.14. The quantitative estimate of drug-likeness (QED) is 0.877. The maximum absolute atomic E-state index is 13.1. The van der Waals surface area contributed by atoms with Gasteiger partial charge < -0.3 is 10.4 Å². The molecule has 0 heterocycles. The Balaban J connectivity index is 2.86. The largest absolute Gasteiger partial charge is 0.481 e. The number of rotatable bonds is 5. The van der Waals surface area contributed by atoms with Gasteiger partial charge in [0.25, 0.3) is 5.91 Å². The van der Waals surface area contributed by atoms with Gasteiger partial charge in [0.15, 0.2) is 0 Å². The molecule has 0 spiro atoms. The molecule has 0 aromatic heterocycles. The number of carboxylic acid groups (broad SMARTS) is 1. The Labute approximate surface area is 124 Å². The zero-order chi connectivity index (χ0) is 16.2. The van der Waals surface area contributed by atoms with Gasteiger partial charge in [0.1, 0.15) is 5.82 Å². The van der Waals surface area contributed by atoms with Crippen LogP contribution in [0.5, 0.6) is 0 Å². The maximum Gasteiger partial charge on any atom is 0.305 e. The van der Waals surface area contributed by atoms with E-state index in [2.05, 4.69) is 5.32 Å². The lowest BCUT2D eigenvalue weighted by Crippen LogP contribution is -2.39. The van der Waals surface area contributed by atoms with Crippen molar-refractivity contribution in [3.63, 3.8) is 0 Å². The van der Waals surface area contributed by atoms with Crippen molar-refractivity contribution < 1.29 is 19.1 Å². The molecule has 1 rings (SSSR count). The van der Waals surface area contributed by atoms with Crippen LogP contribution >= 0.6 is 0 Å². The van der Waals surface area contributed by atoms with Crippen molar-refractivity contribution in [1.82, 2.24) is 5.32 Å². The molecule has 1 aromatic rings. The second-order valence-corrected chi connectivity index (χ2v) is 6.49. The highest BCUT2D eigenvalue weighted by Crippen LogP contribution is 2.22. The molecule has 1 atom stereocenters. The number of carboxylic acids is 1. The van der Waals surface area contributed by atoms with Crippen molar-refractivity contribution in [1.29, 1.82) is 0 Å². The van der Waals surface area contributed by atoms with Crippen LogP contribution in [0.2, 0.25) is 0 Å². The fourth-order valence-electron chi connectivity index (χ4n) is 2.27. The third-order valence-electron chi connectivity index (χ3n) is 3.05. The average Bonchev–Trinajstić information content (AvgIpc) is 2.24. The fourth-order valence-corrected chi connectivity index (χ4v) is 2.27. The molecule has 0 aliphatic rings. The topological polar surface area (TPSA) is 66.4 Å². The number of carbonyl (C=O) groups excluding carboxylic acids is 1. The molecular weight excluding hydrogens is 273 g/mol. The summed E-state index contributed by atoms with van der Waals surface area (Å²) in [6, 6.07) is 3.46. The van der Waals surface area contributed by atoms with E-state index in [4.69, 9.17) is 5.11 Å². The second kappa shape index (κ2) is 6.70. The molecule has 116 valence electrons. The highest BCUT2D eigenvalue weighted by Gasteiger charge is 2.23. The van der Waals surface area contributed by atoms with E-state index in [0.29, 0.717) is 17.5 Å². The van der Waals surface area contributed by atoms with E-state index in [1.54, 1.807) is 6.92 Å². The Morgan fingerprint density at radius 1 is 1.33 bits per heavy atom. The van der Waals surface area contributed by atoms with Gasteiger partial charge in [-0.15, -0.1) is 0 Å². The van der Waals surface area contributed by atoms with E-state index < -0.39 is 17.8 Å². The van der Waals surface area contributed by atoms with Gasteiger partial charge in [-0.05, 0) is 42.5 Å². The van der Waals surface area contributed by atoms with Crippen molar-refractivity contribution >= 4 is 11.9 Å². The van der Waals surface area contributed by atoms with E-state index in [1.807, 2.05) is 20.8 Å². The number of hydrogen-bond acceptors (Lipinski definition) is 2. The highest BCUT2D eigenvalue weighted by atomic mass is 19.1. The van der Waals surface area contributed by atoms with E-state index in [1.165, 1.54) is 18.2 Å². The molecule has 1 aromatic carbocycles. The minimum Gasteiger partial charge on any atom is -0.481 e. The lowest BCUT2D eigenvalue weighted by atomic mass is 9.87. The van der Waals surface area contributed by atoms with Gasteiger partial charge in [-0.1, -0.05) is 20.8 Å². The van der Waals surface area contributed by atoms with Crippen LogP contribution in [-0.2, 0) is 4.79 Å². The van der Waals surface area contributed by atoms with Gasteiger partial charge in [-0.3, -0.25) is 9.59 Å². The van der Waals surface area contributed by atoms with Crippen molar-refractivity contribution in [2.24, 2.45) is 5.41 Å². The van der Waals surface area contributed by atoms with Crippen molar-refractivity contribution in [2.45, 2.75) is 46.6 Å². The van der Waals surface area contributed by atoms with Crippen LogP contribution in [0.1, 0.15) is 49.5 Å². The smallest absolute Gasteiger partial charge is 0.305 e. The van der Waals surface area contributed by atoms with E-state index in [9.17, 15) is 14.0 Å². The van der Waals surface area contributed by atoms with Gasteiger partial charge in [0.05, 0.1) is 6.42 Å². The second-order valence-electron chi connectivity index (χ2n) is 6.49. The minimum absolute atomic E-state index is 0.106. The Hall–Kier alpha value is -1.91. The zero-order valence-corrected chi connectivity index (χ0v) is 12.9. The van der Waals surface area contributed by atoms with Crippen molar-refractivity contribution in [3.8, 4) is 0 Å². The lowest BCUT2D eigenvalue weighted by molar-refractivity contribution is -0.137. The van der Waals surface area contributed by atoms with Crippen molar-refractivity contribution in [2.75, 3.05) is 0 Å². The summed E-state index contributed by atoms with van der Waals surface area (Å²) in [5, 5.41) is 11.7. The average molecular weight is 295 g/mol. The highest BCUT2D eigenvalue weighted by molar-refractivity contribution is 5.96. The van der Waals surface area contributed by atoms with Crippen molar-refractivity contribution in [3.05, 3.63) is 35.1 Å². The number of aliphatic carboxylic acids is 1. The molecule has 1 amide bonds. The molecular formula is C16H22FNO3. The standard InChI is InChI=1S/C16H22FNO3/c1-10-7-11(17)5-6-13(10)15(21)18-12(8-14(19)20)9-16(2,3)4/h5-7,12H,8-9H2,1-4H3,(H,18,21)(H,19,20). The monoisotopic (exact) mass is 295 g/mol. The number of benzene rings is 1. The van der Waals surface area contributed by atoms with Gasteiger partial charge >= 0.3 is 5.97 Å². The molecule has 5 heteroatoms. The summed E-state index contributed by atoms with van der Waals surface area (Å²) >= 11 is 0. The number of halogens is 1. The first-order chi connectivity index (χ1) is 9.58. The normalized spacial score (nSPS) is 12.8. The van der Waals surface area contributed by atoms with Crippen LogP contribution in [0.4, 0.5) is 4.39 Å². The number of nitrogens with one attached hydrogen (secondary N) is 1. The molecule has 0 aliphatic heterocycles. The first-order valence-electron chi connectivity index (χ1n) is 6.87. The molecule has 0 fully saturated rings. The van der Waals surface area contributed by atoms with Crippen LogP contribution in [0.15, 0.2) is 18.2 Å². The summed E-state index contributed by atoms with van der Waals surface area (Å²) in [6.45, 7) is 7.60. The Morgan fingerprint density at radius 3 is 2.43 bits per heavy atom. The van der Waals surface area contributed by atoms with Crippen LogP contribution < -0.4 is 5.32 Å². The first kappa shape index (κ1) is 17.1. The van der Waals surface area contributed by atoms with E-state index >= 15 is 0 Å². The number of hydrogen-bond donors (Lipinski definition) is 2. The molecule has 0 saturated carbocycles. The summed E-state index contributed by atoms with van der Waals surface area (Å²) in [6.07, 6.45) is 0.411. The SMILES string of the molecule is Cc1cc(F)ccc1C(=O)NC(CC(=O)O)CC(C)(C)C. The summed E-state index contributed by atoms with van der Waals surface area (Å²) in [5.41, 5.74) is 0.781. The maximum atomic E-state index is 13.1. The zero-order valence-electron chi connectivity index (χ0n) is 12.9. The molecule has 0 aliphatic carbocycles. The van der Waals surface area contributed by atoms with Crippen LogP contribution in [-0.4, -0.2) is 23.0 Å². The predicted molar refractivity (Wildman–Crippen MR) is 78.7 cm³/mol. The molecule has 1 unspecified atom stereocenters. The molecule has 2 N–H and O–H groups in total. The Morgan fingerprint density at radius 2 is 1.95 bits per heavy atom. The van der Waals surface area contributed by atoms with Crippen LogP contribution in [0, 0.1) is 18.2 Å². The van der Waals surface area contributed by atoms with Gasteiger partial charge in [-0.25, -0.2) is 4.39 Å². The first-order valence-corrected chi connectivity index (χ1v) is 6.87. The van der Waals surface area contributed by atoms with E-state index in [-0.39, 0.29) is 17.7 Å². The molecule has 0 saturated heterocycles. The van der Waals surface area contributed by atoms with Gasteiger partial charge in [0, 0.05) is 11.6 Å². The Kier molecular flexibility index (Phi) is 5.47. The Bertz CT molecular complexity index is 535. The fraction of sp³-hybridized carbons (Fsp3) is 0.500. The third kappa shape index (κ3) is 5.94. The summed E-state index contributed by atoms with van der Waals surface area (Å²) < 4.78 is 13.1. The minimum atomic E-state index is -0.958. The third-order valence-corrected chi connectivity index (χ3v) is 3.05. The molecule has 4 nitrogen and oxygen atoms in total. The number of amides is 1. The lowest BCUT2D eigenvalue weighted by Gasteiger charge is -2.26. The molecule has 0 radical (unpaired) electrons.